The van der Waals surface area contributed by atoms with Crippen molar-refractivity contribution in [3.8, 4) is 11.8 Å². The molecule has 31 heavy (non-hydrogen) atoms. The Hall–Kier alpha value is -2.50. The number of rotatable bonds is 4. The van der Waals surface area contributed by atoms with Gasteiger partial charge in [-0.15, -0.1) is 0 Å². The third-order valence-corrected chi connectivity index (χ3v) is 6.70. The van der Waals surface area contributed by atoms with Gasteiger partial charge in [0.05, 0.1) is 47.8 Å². The molecule has 1 aromatic heterocycles. The highest BCUT2D eigenvalue weighted by Crippen LogP contribution is 2.44. The first-order valence-corrected chi connectivity index (χ1v) is 10.8. The van der Waals surface area contributed by atoms with Crippen LogP contribution in [0.5, 0.6) is 5.75 Å². The van der Waals surface area contributed by atoms with Gasteiger partial charge in [0.25, 0.3) is 5.56 Å². The second-order valence-electron chi connectivity index (χ2n) is 7.70. The van der Waals surface area contributed by atoms with Gasteiger partial charge in [0, 0.05) is 11.8 Å². The Labute approximate surface area is 190 Å². The fraction of sp³-hybridized carbons (Fsp3) is 0.364. The van der Waals surface area contributed by atoms with Crippen molar-refractivity contribution >= 4 is 23.2 Å². The van der Waals surface area contributed by atoms with E-state index in [1.54, 1.807) is 28.8 Å². The molecular formula is C22H23Cl2N4O3+. The van der Waals surface area contributed by atoms with Crippen LogP contribution in [0.15, 0.2) is 40.5 Å². The smallest absolute Gasteiger partial charge is 0.258 e. The molecule has 3 N–H and O–H groups in total. The Morgan fingerprint density at radius 2 is 2.06 bits per heavy atom. The molecule has 1 fully saturated rings. The summed E-state index contributed by atoms with van der Waals surface area (Å²) in [6.45, 7) is 6.50. The molecule has 9 heteroatoms. The summed E-state index contributed by atoms with van der Waals surface area (Å²) in [4.78, 5) is 15.0. The van der Waals surface area contributed by atoms with Crippen molar-refractivity contribution in [1.82, 2.24) is 4.57 Å². The highest BCUT2D eigenvalue weighted by atomic mass is 35.5. The summed E-state index contributed by atoms with van der Waals surface area (Å²) < 4.78 is 12.8. The van der Waals surface area contributed by atoms with Gasteiger partial charge in [-0.05, 0) is 18.6 Å². The van der Waals surface area contributed by atoms with Crippen LogP contribution in [-0.4, -0.2) is 37.4 Å². The molecule has 162 valence electrons. The second-order valence-corrected chi connectivity index (χ2v) is 8.49. The summed E-state index contributed by atoms with van der Waals surface area (Å²) in [5.41, 5.74) is 7.63. The molecule has 2 aliphatic heterocycles. The molecule has 2 aromatic rings. The van der Waals surface area contributed by atoms with Crippen LogP contribution in [0.4, 0.5) is 0 Å². The summed E-state index contributed by atoms with van der Waals surface area (Å²) in [6.07, 6.45) is 0. The topological polar surface area (TPSA) is 94.7 Å². The number of nitrogens with two attached hydrogens (primary N) is 1. The van der Waals surface area contributed by atoms with Crippen LogP contribution in [0.3, 0.4) is 0 Å². The number of morpholine rings is 1. The Balaban J connectivity index is 1.82. The minimum atomic E-state index is -0.755. The highest BCUT2D eigenvalue weighted by Gasteiger charge is 2.36. The lowest BCUT2D eigenvalue weighted by Crippen LogP contribution is -3.14. The van der Waals surface area contributed by atoms with Gasteiger partial charge in [0.15, 0.2) is 0 Å². The molecule has 1 atom stereocenters. The Kier molecular flexibility index (Phi) is 6.26. The standard InChI is InChI=1S/C22H22Cl2N4O3/c1-13-11-17-19(22(29)28(13)6-5-27-7-9-30-10-8-27)18(15(12-25)21(26)31-17)14-3-2-4-16(23)20(14)24/h2-4,11,18H,5-10,26H2,1H3/p+1/t18-/m1/s1. The zero-order chi connectivity index (χ0) is 22.1. The van der Waals surface area contributed by atoms with Gasteiger partial charge in [0.2, 0.25) is 5.88 Å². The van der Waals surface area contributed by atoms with E-state index in [9.17, 15) is 10.1 Å². The quantitative estimate of drug-likeness (QED) is 0.720. The average Bonchev–Trinajstić information content (AvgIpc) is 2.75. The number of hydrogen-bond donors (Lipinski definition) is 2. The lowest BCUT2D eigenvalue weighted by atomic mass is 9.84. The van der Waals surface area contributed by atoms with Crippen molar-refractivity contribution < 1.29 is 14.4 Å². The molecule has 3 heterocycles. The van der Waals surface area contributed by atoms with Crippen molar-refractivity contribution in [1.29, 1.82) is 5.26 Å². The predicted octanol–water partition coefficient (Wildman–Crippen LogP) is 1.60. The number of fused-ring (bicyclic) bond motifs is 1. The predicted molar refractivity (Wildman–Crippen MR) is 118 cm³/mol. The number of aryl methyl sites for hydroxylation is 1. The molecule has 0 aliphatic carbocycles. The van der Waals surface area contributed by atoms with E-state index in [0.29, 0.717) is 28.4 Å². The van der Waals surface area contributed by atoms with E-state index in [2.05, 4.69) is 6.07 Å². The van der Waals surface area contributed by atoms with Crippen LogP contribution in [0.1, 0.15) is 22.7 Å². The minimum Gasteiger partial charge on any atom is -0.440 e. The molecular weight excluding hydrogens is 439 g/mol. The summed E-state index contributed by atoms with van der Waals surface area (Å²) in [5.74, 6) is -0.449. The Morgan fingerprint density at radius 1 is 1.32 bits per heavy atom. The van der Waals surface area contributed by atoms with Gasteiger partial charge in [-0.25, -0.2) is 0 Å². The minimum absolute atomic E-state index is 0.0367. The SMILES string of the molecule is Cc1cc2c(c(=O)n1CC[NH+]1CCOCC1)[C@H](c1cccc(Cl)c1Cl)C(C#N)=C(N)O2. The zero-order valence-corrected chi connectivity index (χ0v) is 18.6. The first kappa shape index (κ1) is 21.7. The monoisotopic (exact) mass is 461 g/mol. The number of aromatic nitrogens is 1. The van der Waals surface area contributed by atoms with Gasteiger partial charge in [-0.3, -0.25) is 4.79 Å². The summed E-state index contributed by atoms with van der Waals surface area (Å²) >= 11 is 12.7. The third kappa shape index (κ3) is 4.04. The van der Waals surface area contributed by atoms with Gasteiger partial charge >= 0.3 is 0 Å². The summed E-state index contributed by atoms with van der Waals surface area (Å²) in [7, 11) is 0. The van der Waals surface area contributed by atoms with Crippen LogP contribution in [0, 0.1) is 18.3 Å². The van der Waals surface area contributed by atoms with Crippen molar-refractivity contribution in [3.05, 3.63) is 72.9 Å². The Morgan fingerprint density at radius 3 is 2.77 bits per heavy atom. The fourth-order valence-corrected chi connectivity index (χ4v) is 4.62. The first-order valence-electron chi connectivity index (χ1n) is 10.1. The van der Waals surface area contributed by atoms with Crippen LogP contribution in [0.2, 0.25) is 10.0 Å². The number of ether oxygens (including phenoxy) is 2. The molecule has 0 bridgehead atoms. The molecule has 1 aromatic carbocycles. The van der Waals surface area contributed by atoms with Crippen LogP contribution < -0.4 is 20.9 Å². The van der Waals surface area contributed by atoms with E-state index in [4.69, 9.17) is 38.4 Å². The number of allylic oxidation sites excluding steroid dienone is 1. The molecule has 0 unspecified atom stereocenters. The first-order chi connectivity index (χ1) is 14.9. The lowest BCUT2D eigenvalue weighted by Gasteiger charge is -2.28. The van der Waals surface area contributed by atoms with E-state index in [1.165, 1.54) is 4.90 Å². The van der Waals surface area contributed by atoms with Gasteiger partial charge in [-0.2, -0.15) is 5.26 Å². The fourth-order valence-electron chi connectivity index (χ4n) is 4.20. The largest absolute Gasteiger partial charge is 0.440 e. The van der Waals surface area contributed by atoms with E-state index >= 15 is 0 Å². The van der Waals surface area contributed by atoms with E-state index in [-0.39, 0.29) is 22.0 Å². The molecule has 0 amide bonds. The zero-order valence-electron chi connectivity index (χ0n) is 17.1. The maximum atomic E-state index is 13.7. The Bertz CT molecular complexity index is 1150. The van der Waals surface area contributed by atoms with Crippen molar-refractivity contribution in [3.63, 3.8) is 0 Å². The van der Waals surface area contributed by atoms with Gasteiger partial charge in [0.1, 0.15) is 30.5 Å². The van der Waals surface area contributed by atoms with Crippen LogP contribution >= 0.6 is 23.2 Å². The van der Waals surface area contributed by atoms with Crippen LogP contribution in [-0.2, 0) is 11.3 Å². The van der Waals surface area contributed by atoms with Crippen molar-refractivity contribution in [2.75, 3.05) is 32.8 Å². The maximum absolute atomic E-state index is 13.7. The van der Waals surface area contributed by atoms with Crippen molar-refractivity contribution in [2.24, 2.45) is 5.73 Å². The molecule has 1 saturated heterocycles. The number of pyridine rings is 1. The number of nitrogens with one attached hydrogen (secondary N) is 1. The van der Waals surface area contributed by atoms with Gasteiger partial charge < -0.3 is 24.7 Å². The average molecular weight is 462 g/mol. The molecule has 2 aliphatic rings. The summed E-state index contributed by atoms with van der Waals surface area (Å²) in [6, 6.07) is 9.03. The van der Waals surface area contributed by atoms with E-state index in [0.717, 1.165) is 38.5 Å². The molecule has 7 nitrogen and oxygen atoms in total. The molecule has 0 radical (unpaired) electrons. The molecule has 0 saturated carbocycles. The number of benzene rings is 1. The van der Waals surface area contributed by atoms with Gasteiger partial charge in [-0.1, -0.05) is 35.3 Å². The van der Waals surface area contributed by atoms with Crippen LogP contribution in [0.25, 0.3) is 0 Å². The van der Waals surface area contributed by atoms with E-state index in [1.807, 2.05) is 6.92 Å². The highest BCUT2D eigenvalue weighted by molar-refractivity contribution is 6.42. The third-order valence-electron chi connectivity index (χ3n) is 5.87. The van der Waals surface area contributed by atoms with E-state index < -0.39 is 5.92 Å². The number of nitriles is 1. The molecule has 4 rings (SSSR count). The lowest BCUT2D eigenvalue weighted by molar-refractivity contribution is -0.908. The molecule has 0 spiro atoms. The number of halogens is 2. The summed E-state index contributed by atoms with van der Waals surface area (Å²) in [5, 5.41) is 10.4. The number of hydrogen-bond acceptors (Lipinski definition) is 5. The number of quaternary nitrogens is 1. The normalized spacial score (nSPS) is 19.0. The number of nitrogens with zero attached hydrogens (tertiary/aromatic N) is 2. The second kappa shape index (κ2) is 8.93. The van der Waals surface area contributed by atoms with Crippen molar-refractivity contribution in [2.45, 2.75) is 19.4 Å². The maximum Gasteiger partial charge on any atom is 0.258 e.